The van der Waals surface area contributed by atoms with E-state index in [-0.39, 0.29) is 5.41 Å². The Bertz CT molecular complexity index is 258. The van der Waals surface area contributed by atoms with Crippen LogP contribution in [-0.2, 0) is 0 Å². The molecule has 0 unspecified atom stereocenters. The molecule has 0 saturated heterocycles. The molecule has 0 aliphatic carbocycles. The van der Waals surface area contributed by atoms with Gasteiger partial charge in [0.15, 0.2) is 0 Å². The van der Waals surface area contributed by atoms with Gasteiger partial charge in [0.2, 0.25) is 5.13 Å². The molecule has 0 fully saturated rings. The Morgan fingerprint density at radius 1 is 1.57 bits per heavy atom. The first-order valence-corrected chi connectivity index (χ1v) is 5.58. The lowest BCUT2D eigenvalue weighted by molar-refractivity contribution is 0.379. The first-order chi connectivity index (χ1) is 6.59. The van der Waals surface area contributed by atoms with Crippen LogP contribution in [0.5, 0.6) is 0 Å². The van der Waals surface area contributed by atoms with E-state index in [1.54, 1.807) is 6.33 Å². The Kier molecular flexibility index (Phi) is 3.83. The summed E-state index contributed by atoms with van der Waals surface area (Å²) >= 11 is 1.43. The van der Waals surface area contributed by atoms with Crippen LogP contribution >= 0.6 is 11.5 Å². The maximum atomic E-state index is 5.70. The van der Waals surface area contributed by atoms with Crippen LogP contribution in [0.2, 0.25) is 0 Å². The van der Waals surface area contributed by atoms with Gasteiger partial charge < -0.3 is 10.6 Å². The number of rotatable bonds is 5. The zero-order chi connectivity index (χ0) is 10.6. The van der Waals surface area contributed by atoms with Gasteiger partial charge in [-0.25, -0.2) is 4.98 Å². The number of aromatic nitrogens is 2. The average molecular weight is 214 g/mol. The molecule has 0 bridgehead atoms. The lowest BCUT2D eigenvalue weighted by Crippen LogP contribution is -2.38. The fourth-order valence-corrected chi connectivity index (χ4v) is 1.79. The summed E-state index contributed by atoms with van der Waals surface area (Å²) in [6.07, 6.45) is 1.60. The van der Waals surface area contributed by atoms with Crippen LogP contribution in [0.3, 0.4) is 0 Å². The summed E-state index contributed by atoms with van der Waals surface area (Å²) < 4.78 is 4.00. The van der Waals surface area contributed by atoms with Gasteiger partial charge in [0.1, 0.15) is 6.33 Å². The van der Waals surface area contributed by atoms with E-state index >= 15 is 0 Å². The molecule has 14 heavy (non-hydrogen) atoms. The van der Waals surface area contributed by atoms with Crippen molar-refractivity contribution in [1.29, 1.82) is 0 Å². The Labute approximate surface area is 89.3 Å². The number of hydrogen-bond acceptors (Lipinski definition) is 5. The zero-order valence-corrected chi connectivity index (χ0v) is 9.84. The van der Waals surface area contributed by atoms with Crippen molar-refractivity contribution in [3.63, 3.8) is 0 Å². The van der Waals surface area contributed by atoms with E-state index in [2.05, 4.69) is 35.0 Å². The van der Waals surface area contributed by atoms with E-state index in [9.17, 15) is 0 Å². The fraction of sp³-hybridized carbons (Fsp3) is 0.778. The topological polar surface area (TPSA) is 55.0 Å². The van der Waals surface area contributed by atoms with Crippen molar-refractivity contribution in [2.75, 3.05) is 24.5 Å². The second kappa shape index (κ2) is 4.70. The number of anilines is 1. The summed E-state index contributed by atoms with van der Waals surface area (Å²) in [4.78, 5) is 6.41. The predicted molar refractivity (Wildman–Crippen MR) is 60.6 cm³/mol. The van der Waals surface area contributed by atoms with E-state index in [0.717, 1.165) is 18.2 Å². The fourth-order valence-electron chi connectivity index (χ4n) is 1.20. The zero-order valence-electron chi connectivity index (χ0n) is 9.03. The van der Waals surface area contributed by atoms with Crippen LogP contribution in [-0.4, -0.2) is 29.0 Å². The normalized spacial score (nSPS) is 11.7. The summed E-state index contributed by atoms with van der Waals surface area (Å²) in [7, 11) is 0. The highest BCUT2D eigenvalue weighted by Crippen LogP contribution is 2.21. The maximum absolute atomic E-state index is 5.70. The lowest BCUT2D eigenvalue weighted by Gasteiger charge is -2.30. The molecule has 80 valence electrons. The summed E-state index contributed by atoms with van der Waals surface area (Å²) in [5, 5.41) is 0.981. The quantitative estimate of drug-likeness (QED) is 0.804. The van der Waals surface area contributed by atoms with Crippen molar-refractivity contribution < 1.29 is 0 Å². The van der Waals surface area contributed by atoms with Crippen molar-refractivity contribution in [2.45, 2.75) is 20.8 Å². The molecule has 2 N–H and O–H groups in total. The Hall–Kier alpha value is -0.680. The number of hydrogen-bond donors (Lipinski definition) is 1. The minimum atomic E-state index is 0.127. The second-order valence-corrected chi connectivity index (χ2v) is 4.86. The molecule has 4 nitrogen and oxygen atoms in total. The summed E-state index contributed by atoms with van der Waals surface area (Å²) in [5.74, 6) is 0. The van der Waals surface area contributed by atoms with E-state index in [4.69, 9.17) is 5.73 Å². The molecule has 1 rings (SSSR count). The molecule has 0 aliphatic rings. The molecule has 0 spiro atoms. The third kappa shape index (κ3) is 2.92. The highest BCUT2D eigenvalue weighted by atomic mass is 32.1. The molecule has 0 amide bonds. The van der Waals surface area contributed by atoms with E-state index in [0.29, 0.717) is 6.54 Å². The van der Waals surface area contributed by atoms with Crippen molar-refractivity contribution in [3.05, 3.63) is 6.33 Å². The lowest BCUT2D eigenvalue weighted by atomic mass is 9.93. The third-order valence-electron chi connectivity index (χ3n) is 2.17. The van der Waals surface area contributed by atoms with Crippen LogP contribution in [0, 0.1) is 5.41 Å². The molecule has 1 heterocycles. The van der Waals surface area contributed by atoms with Crippen LogP contribution < -0.4 is 10.6 Å². The second-order valence-electron chi connectivity index (χ2n) is 4.11. The Balaban J connectivity index is 2.65. The van der Waals surface area contributed by atoms with Crippen molar-refractivity contribution >= 4 is 16.7 Å². The van der Waals surface area contributed by atoms with Gasteiger partial charge in [0.05, 0.1) is 0 Å². The Morgan fingerprint density at radius 2 is 2.29 bits per heavy atom. The maximum Gasteiger partial charge on any atom is 0.204 e. The molecule has 0 aliphatic heterocycles. The summed E-state index contributed by atoms with van der Waals surface area (Å²) in [5.41, 5.74) is 5.83. The highest BCUT2D eigenvalue weighted by Gasteiger charge is 2.20. The van der Waals surface area contributed by atoms with Gasteiger partial charge in [-0.3, -0.25) is 0 Å². The number of nitrogens with zero attached hydrogens (tertiary/aromatic N) is 3. The van der Waals surface area contributed by atoms with Gasteiger partial charge in [-0.1, -0.05) is 13.8 Å². The molecular weight excluding hydrogens is 196 g/mol. The van der Waals surface area contributed by atoms with E-state index < -0.39 is 0 Å². The number of nitrogens with two attached hydrogens (primary N) is 1. The Morgan fingerprint density at radius 3 is 2.71 bits per heavy atom. The van der Waals surface area contributed by atoms with Crippen molar-refractivity contribution in [1.82, 2.24) is 9.36 Å². The molecule has 0 saturated carbocycles. The standard InChI is InChI=1S/C9H18N4S/c1-4-13(6-9(2,3)5-10)8-11-7-12-14-8/h7H,4-6,10H2,1-3H3. The van der Waals surface area contributed by atoms with Gasteiger partial charge in [-0.05, 0) is 18.9 Å². The average Bonchev–Trinajstić information content (AvgIpc) is 2.67. The first-order valence-electron chi connectivity index (χ1n) is 4.81. The predicted octanol–water partition coefficient (Wildman–Crippen LogP) is 1.35. The molecule has 1 aromatic heterocycles. The van der Waals surface area contributed by atoms with Gasteiger partial charge >= 0.3 is 0 Å². The minimum absolute atomic E-state index is 0.127. The highest BCUT2D eigenvalue weighted by molar-refractivity contribution is 7.09. The van der Waals surface area contributed by atoms with Crippen LogP contribution in [0.25, 0.3) is 0 Å². The van der Waals surface area contributed by atoms with Gasteiger partial charge in [0, 0.05) is 24.6 Å². The smallest absolute Gasteiger partial charge is 0.204 e. The van der Waals surface area contributed by atoms with Gasteiger partial charge in [0.25, 0.3) is 0 Å². The molecular formula is C9H18N4S. The van der Waals surface area contributed by atoms with E-state index in [1.807, 2.05) is 0 Å². The van der Waals surface area contributed by atoms with E-state index in [1.165, 1.54) is 11.5 Å². The SMILES string of the molecule is CCN(CC(C)(C)CN)c1ncns1. The molecule has 5 heteroatoms. The van der Waals surface area contributed by atoms with Crippen molar-refractivity contribution in [3.8, 4) is 0 Å². The van der Waals surface area contributed by atoms with Crippen LogP contribution in [0.4, 0.5) is 5.13 Å². The van der Waals surface area contributed by atoms with Gasteiger partial charge in [-0.15, -0.1) is 0 Å². The molecule has 0 radical (unpaired) electrons. The largest absolute Gasteiger partial charge is 0.347 e. The van der Waals surface area contributed by atoms with Crippen LogP contribution in [0.15, 0.2) is 6.33 Å². The van der Waals surface area contributed by atoms with Crippen molar-refractivity contribution in [2.24, 2.45) is 11.1 Å². The van der Waals surface area contributed by atoms with Gasteiger partial charge in [-0.2, -0.15) is 4.37 Å². The minimum Gasteiger partial charge on any atom is -0.347 e. The molecule has 0 atom stereocenters. The molecule has 0 aromatic carbocycles. The molecule has 1 aromatic rings. The van der Waals surface area contributed by atoms with Crippen LogP contribution in [0.1, 0.15) is 20.8 Å². The summed E-state index contributed by atoms with van der Waals surface area (Å²) in [6, 6.07) is 0. The monoisotopic (exact) mass is 214 g/mol. The summed E-state index contributed by atoms with van der Waals surface area (Å²) in [6.45, 7) is 9.00. The third-order valence-corrected chi connectivity index (χ3v) is 2.90. The first kappa shape index (κ1) is 11.4.